The molecule has 58 valence electrons. The highest BCUT2D eigenvalue weighted by atomic mass is 16.5. The maximum Gasteiger partial charge on any atom is 0.223 e. The molecule has 0 spiro atoms. The van der Waals surface area contributed by atoms with Gasteiger partial charge in [0.1, 0.15) is 6.10 Å². The molecule has 0 saturated heterocycles. The van der Waals surface area contributed by atoms with Crippen LogP contribution in [0.15, 0.2) is 4.52 Å². The highest BCUT2D eigenvalue weighted by molar-refractivity contribution is 4.99. The molecule has 0 aromatic carbocycles. The Kier molecular flexibility index (Phi) is 2.24. The quantitative estimate of drug-likeness (QED) is 0.602. The van der Waals surface area contributed by atoms with Gasteiger partial charge in [-0.25, -0.2) is 0 Å². The van der Waals surface area contributed by atoms with Gasteiger partial charge in [-0.1, -0.05) is 11.1 Å². The zero-order valence-electron chi connectivity index (χ0n) is 6.11. The fourth-order valence-electron chi connectivity index (χ4n) is 0.656. The van der Waals surface area contributed by atoms with Crippen molar-refractivity contribution in [1.82, 2.24) is 10.1 Å². The summed E-state index contributed by atoms with van der Waals surface area (Å²) < 4.78 is 4.67. The van der Waals surface area contributed by atoms with E-state index >= 15 is 0 Å². The lowest BCUT2D eigenvalue weighted by Gasteiger charge is -1.94. The first kappa shape index (κ1) is 7.76. The number of aryl methyl sites for hydroxylation is 1. The van der Waals surface area contributed by atoms with Crippen LogP contribution in [0.3, 0.4) is 0 Å². The summed E-state index contributed by atoms with van der Waals surface area (Å²) in [4.78, 5) is 3.87. The Morgan fingerprint density at radius 3 is 3.00 bits per heavy atom. The third-order valence-electron chi connectivity index (χ3n) is 1.14. The minimum Gasteiger partial charge on any atom is -0.380 e. The predicted octanol–water partition coefficient (Wildman–Crippen LogP) is -0.0854. The van der Waals surface area contributed by atoms with Crippen LogP contribution in [0.25, 0.3) is 0 Å². The van der Waals surface area contributed by atoms with E-state index in [4.69, 9.17) is 11.5 Å². The molecule has 1 atom stereocenters. The van der Waals surface area contributed by atoms with E-state index in [0.29, 0.717) is 11.7 Å². The fraction of sp³-hybridized carbons (Fsp3) is 0.429. The van der Waals surface area contributed by atoms with Crippen molar-refractivity contribution < 1.29 is 9.63 Å². The topological polar surface area (TPSA) is 59.2 Å². The van der Waals surface area contributed by atoms with E-state index in [2.05, 4.69) is 20.6 Å². The minimum atomic E-state index is -0.827. The van der Waals surface area contributed by atoms with Gasteiger partial charge in [0.2, 0.25) is 5.89 Å². The Morgan fingerprint density at radius 1 is 1.82 bits per heavy atom. The molecule has 11 heavy (non-hydrogen) atoms. The van der Waals surface area contributed by atoms with Crippen LogP contribution in [-0.4, -0.2) is 21.4 Å². The van der Waals surface area contributed by atoms with Gasteiger partial charge in [-0.2, -0.15) is 4.98 Å². The van der Waals surface area contributed by atoms with Gasteiger partial charge in [-0.05, 0) is 0 Å². The first-order chi connectivity index (χ1) is 5.22. The molecular formula is C7H8N2O2. The van der Waals surface area contributed by atoms with Gasteiger partial charge in [0.15, 0.2) is 5.82 Å². The lowest BCUT2D eigenvalue weighted by molar-refractivity contribution is 0.228. The van der Waals surface area contributed by atoms with Crippen LogP contribution in [0.1, 0.15) is 11.7 Å². The number of hydrogen-bond acceptors (Lipinski definition) is 4. The molecule has 0 radical (unpaired) electrons. The molecule has 1 rings (SSSR count). The average molecular weight is 152 g/mol. The lowest BCUT2D eigenvalue weighted by atomic mass is 10.2. The predicted molar refractivity (Wildman–Crippen MR) is 37.6 cm³/mol. The molecule has 1 aromatic rings. The molecule has 0 aliphatic heterocycles. The van der Waals surface area contributed by atoms with E-state index < -0.39 is 6.10 Å². The third kappa shape index (κ3) is 2.06. The number of hydrogen-bond donors (Lipinski definition) is 1. The summed E-state index contributed by atoms with van der Waals surface area (Å²) in [5, 5.41) is 12.5. The van der Waals surface area contributed by atoms with Crippen molar-refractivity contribution in [3.8, 4) is 12.3 Å². The van der Waals surface area contributed by atoms with E-state index in [1.165, 1.54) is 0 Å². The Morgan fingerprint density at radius 2 is 2.55 bits per heavy atom. The van der Waals surface area contributed by atoms with Gasteiger partial charge in [0.25, 0.3) is 0 Å². The summed E-state index contributed by atoms with van der Waals surface area (Å²) in [5.74, 6) is 3.07. The summed E-state index contributed by atoms with van der Waals surface area (Å²) in [7, 11) is 0. The highest BCUT2D eigenvalue weighted by Gasteiger charge is 2.06. The number of rotatable bonds is 2. The van der Waals surface area contributed by atoms with E-state index in [1.807, 2.05) is 0 Å². The Labute approximate surface area is 64.2 Å². The van der Waals surface area contributed by atoms with Crippen molar-refractivity contribution in [2.45, 2.75) is 19.4 Å². The molecule has 0 bridgehead atoms. The van der Waals surface area contributed by atoms with Crippen molar-refractivity contribution >= 4 is 0 Å². The Hall–Kier alpha value is -1.34. The van der Waals surface area contributed by atoms with Gasteiger partial charge in [0, 0.05) is 13.3 Å². The van der Waals surface area contributed by atoms with Crippen LogP contribution < -0.4 is 0 Å². The number of aliphatic hydroxyl groups excluding tert-OH is 1. The number of nitrogens with zero attached hydrogens (tertiary/aromatic N) is 2. The average Bonchev–Trinajstić information content (AvgIpc) is 2.35. The Balaban J connectivity index is 2.59. The first-order valence-corrected chi connectivity index (χ1v) is 3.15. The molecule has 1 heterocycles. The standard InChI is InChI=1S/C7H8N2O2/c1-3-6(10)4-7-8-5(2)11-9-7/h1,6,10H,4H2,2H3. The van der Waals surface area contributed by atoms with Crippen LogP contribution in [0.4, 0.5) is 0 Å². The zero-order valence-corrected chi connectivity index (χ0v) is 6.11. The Bertz CT molecular complexity index is 274. The van der Waals surface area contributed by atoms with Crippen LogP contribution in [0.2, 0.25) is 0 Å². The molecule has 0 amide bonds. The summed E-state index contributed by atoms with van der Waals surface area (Å²) in [6.07, 6.45) is 4.36. The second kappa shape index (κ2) is 3.17. The normalized spacial score (nSPS) is 12.5. The van der Waals surface area contributed by atoms with Crippen LogP contribution in [0.5, 0.6) is 0 Å². The van der Waals surface area contributed by atoms with Gasteiger partial charge in [-0.15, -0.1) is 6.42 Å². The lowest BCUT2D eigenvalue weighted by Crippen LogP contribution is -2.07. The SMILES string of the molecule is C#CC(O)Cc1noc(C)n1. The summed E-state index contributed by atoms with van der Waals surface area (Å²) in [5.41, 5.74) is 0. The highest BCUT2D eigenvalue weighted by Crippen LogP contribution is 1.98. The number of aromatic nitrogens is 2. The van der Waals surface area contributed by atoms with Crippen molar-refractivity contribution in [1.29, 1.82) is 0 Å². The molecule has 0 aliphatic carbocycles. The van der Waals surface area contributed by atoms with Gasteiger partial charge < -0.3 is 9.63 Å². The monoisotopic (exact) mass is 152 g/mol. The molecule has 1 aromatic heterocycles. The molecule has 1 unspecified atom stereocenters. The molecule has 4 heteroatoms. The maximum absolute atomic E-state index is 8.96. The van der Waals surface area contributed by atoms with Gasteiger partial charge >= 0.3 is 0 Å². The number of terminal acetylenes is 1. The van der Waals surface area contributed by atoms with Crippen LogP contribution >= 0.6 is 0 Å². The fourth-order valence-corrected chi connectivity index (χ4v) is 0.656. The smallest absolute Gasteiger partial charge is 0.223 e. The van der Waals surface area contributed by atoms with Crippen molar-refractivity contribution in [2.24, 2.45) is 0 Å². The first-order valence-electron chi connectivity index (χ1n) is 3.15. The number of aliphatic hydroxyl groups is 1. The summed E-state index contributed by atoms with van der Waals surface area (Å²) >= 11 is 0. The second-order valence-electron chi connectivity index (χ2n) is 2.12. The maximum atomic E-state index is 8.96. The molecule has 0 fully saturated rings. The van der Waals surface area contributed by atoms with Gasteiger partial charge in [0.05, 0.1) is 0 Å². The molecule has 4 nitrogen and oxygen atoms in total. The molecule has 0 aliphatic rings. The van der Waals surface area contributed by atoms with E-state index in [1.54, 1.807) is 6.92 Å². The molecular weight excluding hydrogens is 144 g/mol. The largest absolute Gasteiger partial charge is 0.380 e. The van der Waals surface area contributed by atoms with Gasteiger partial charge in [-0.3, -0.25) is 0 Å². The van der Waals surface area contributed by atoms with Crippen molar-refractivity contribution in [3.63, 3.8) is 0 Å². The third-order valence-corrected chi connectivity index (χ3v) is 1.14. The molecule has 0 saturated carbocycles. The second-order valence-corrected chi connectivity index (χ2v) is 2.12. The zero-order chi connectivity index (χ0) is 8.27. The summed E-state index contributed by atoms with van der Waals surface area (Å²) in [6.45, 7) is 1.68. The van der Waals surface area contributed by atoms with Crippen LogP contribution in [-0.2, 0) is 6.42 Å². The van der Waals surface area contributed by atoms with E-state index in [-0.39, 0.29) is 6.42 Å². The van der Waals surface area contributed by atoms with E-state index in [0.717, 1.165) is 0 Å². The van der Waals surface area contributed by atoms with E-state index in [9.17, 15) is 0 Å². The van der Waals surface area contributed by atoms with Crippen molar-refractivity contribution in [2.75, 3.05) is 0 Å². The molecule has 1 N–H and O–H groups in total. The van der Waals surface area contributed by atoms with Crippen LogP contribution in [0, 0.1) is 19.3 Å². The minimum absolute atomic E-state index is 0.244. The van der Waals surface area contributed by atoms with Crippen molar-refractivity contribution in [3.05, 3.63) is 11.7 Å². The summed E-state index contributed by atoms with van der Waals surface area (Å²) in [6, 6.07) is 0.